The Morgan fingerprint density at radius 1 is 1.30 bits per heavy atom. The lowest BCUT2D eigenvalue weighted by molar-refractivity contribution is 0.0523. The Morgan fingerprint density at radius 3 is 2.50 bits per heavy atom. The zero-order valence-electron chi connectivity index (χ0n) is 12.8. The summed E-state index contributed by atoms with van der Waals surface area (Å²) in [5.41, 5.74) is 2.21. The number of carbonyl (C=O) groups is 1. The molecule has 20 heavy (non-hydrogen) atoms. The predicted molar refractivity (Wildman–Crippen MR) is 80.4 cm³/mol. The van der Waals surface area contributed by atoms with Gasteiger partial charge in [0.25, 0.3) is 0 Å². The molecule has 0 unspecified atom stereocenters. The Bertz CT molecular complexity index is 509. The maximum absolute atomic E-state index is 11.6. The van der Waals surface area contributed by atoms with Gasteiger partial charge in [-0.2, -0.15) is 0 Å². The average molecular weight is 277 g/mol. The van der Waals surface area contributed by atoms with Crippen molar-refractivity contribution in [1.29, 1.82) is 0 Å². The van der Waals surface area contributed by atoms with E-state index in [1.54, 1.807) is 6.92 Å². The number of ether oxygens (including phenoxy) is 1. The summed E-state index contributed by atoms with van der Waals surface area (Å²) in [5.74, 6) is 0.294. The van der Waals surface area contributed by atoms with Gasteiger partial charge in [0.2, 0.25) is 0 Å². The molecular formula is C16H23NO3. The third-order valence-electron chi connectivity index (χ3n) is 2.74. The van der Waals surface area contributed by atoms with E-state index in [-0.39, 0.29) is 0 Å². The first kappa shape index (κ1) is 16.1. The number of amides is 1. The highest BCUT2D eigenvalue weighted by atomic mass is 16.6. The topological polar surface area (TPSA) is 58.6 Å². The molecule has 0 fully saturated rings. The van der Waals surface area contributed by atoms with E-state index in [9.17, 15) is 9.90 Å². The second kappa shape index (κ2) is 6.46. The number of aliphatic hydroxyl groups is 1. The molecule has 0 radical (unpaired) electrons. The molecule has 0 saturated heterocycles. The summed E-state index contributed by atoms with van der Waals surface area (Å²) in [6.07, 6.45) is -0.437. The molecule has 0 atom stereocenters. The van der Waals surface area contributed by atoms with Crippen molar-refractivity contribution in [3.8, 4) is 0 Å². The summed E-state index contributed by atoms with van der Waals surface area (Å²) in [6.45, 7) is 9.37. The zero-order valence-corrected chi connectivity index (χ0v) is 12.8. The SMILES string of the molecule is C/C(O)=C(\C)c1cccc(CNC(=O)OC(C)(C)C)c1. The summed E-state index contributed by atoms with van der Waals surface area (Å²) in [6, 6.07) is 7.67. The van der Waals surface area contributed by atoms with Gasteiger partial charge in [-0.25, -0.2) is 4.79 Å². The Kier molecular flexibility index (Phi) is 5.19. The highest BCUT2D eigenvalue weighted by Gasteiger charge is 2.15. The first-order valence-electron chi connectivity index (χ1n) is 6.61. The fraction of sp³-hybridized carbons (Fsp3) is 0.438. The lowest BCUT2D eigenvalue weighted by Gasteiger charge is -2.19. The van der Waals surface area contributed by atoms with Crippen molar-refractivity contribution >= 4 is 11.7 Å². The van der Waals surface area contributed by atoms with Gasteiger partial charge in [-0.1, -0.05) is 18.2 Å². The molecule has 1 aromatic rings. The van der Waals surface area contributed by atoms with E-state index in [4.69, 9.17) is 4.74 Å². The highest BCUT2D eigenvalue weighted by molar-refractivity contribution is 5.68. The van der Waals surface area contributed by atoms with Crippen LogP contribution in [0, 0.1) is 0 Å². The van der Waals surface area contributed by atoms with Crippen molar-refractivity contribution in [2.24, 2.45) is 0 Å². The summed E-state index contributed by atoms with van der Waals surface area (Å²) in [7, 11) is 0. The van der Waals surface area contributed by atoms with E-state index in [0.717, 1.165) is 16.7 Å². The van der Waals surface area contributed by atoms with Gasteiger partial charge in [0.05, 0.1) is 5.76 Å². The molecule has 0 heterocycles. The second-order valence-corrected chi connectivity index (χ2v) is 5.77. The van der Waals surface area contributed by atoms with Crippen LogP contribution in [0.1, 0.15) is 45.7 Å². The van der Waals surface area contributed by atoms with E-state index in [2.05, 4.69) is 5.32 Å². The van der Waals surface area contributed by atoms with Crippen LogP contribution in [0.4, 0.5) is 4.79 Å². The molecule has 2 N–H and O–H groups in total. The van der Waals surface area contributed by atoms with Gasteiger partial charge in [0, 0.05) is 6.54 Å². The molecule has 1 amide bonds. The van der Waals surface area contributed by atoms with E-state index in [0.29, 0.717) is 12.3 Å². The lowest BCUT2D eigenvalue weighted by atomic mass is 10.0. The number of nitrogens with one attached hydrogen (secondary N) is 1. The van der Waals surface area contributed by atoms with Gasteiger partial charge in [-0.15, -0.1) is 0 Å². The van der Waals surface area contributed by atoms with Crippen molar-refractivity contribution in [3.63, 3.8) is 0 Å². The van der Waals surface area contributed by atoms with Crippen molar-refractivity contribution < 1.29 is 14.6 Å². The first-order chi connectivity index (χ1) is 9.19. The highest BCUT2D eigenvalue weighted by Crippen LogP contribution is 2.18. The molecule has 1 rings (SSSR count). The lowest BCUT2D eigenvalue weighted by Crippen LogP contribution is -2.32. The largest absolute Gasteiger partial charge is 0.512 e. The number of hydrogen-bond acceptors (Lipinski definition) is 3. The van der Waals surface area contributed by atoms with Gasteiger partial charge < -0.3 is 15.2 Å². The van der Waals surface area contributed by atoms with Crippen LogP contribution >= 0.6 is 0 Å². The molecular weight excluding hydrogens is 254 g/mol. The van der Waals surface area contributed by atoms with Gasteiger partial charge in [-0.3, -0.25) is 0 Å². The quantitative estimate of drug-likeness (QED) is 0.820. The van der Waals surface area contributed by atoms with Crippen LogP contribution in [0.3, 0.4) is 0 Å². The van der Waals surface area contributed by atoms with Crippen LogP contribution < -0.4 is 5.32 Å². The van der Waals surface area contributed by atoms with E-state index < -0.39 is 11.7 Å². The van der Waals surface area contributed by atoms with Gasteiger partial charge in [0.15, 0.2) is 0 Å². The van der Waals surface area contributed by atoms with Crippen molar-refractivity contribution in [3.05, 3.63) is 41.2 Å². The van der Waals surface area contributed by atoms with Crippen LogP contribution in [-0.2, 0) is 11.3 Å². The van der Waals surface area contributed by atoms with Gasteiger partial charge in [-0.05, 0) is 57.4 Å². The fourth-order valence-electron chi connectivity index (χ4n) is 1.61. The van der Waals surface area contributed by atoms with Crippen molar-refractivity contribution in [2.75, 3.05) is 0 Å². The van der Waals surface area contributed by atoms with Gasteiger partial charge in [0.1, 0.15) is 5.60 Å². The van der Waals surface area contributed by atoms with E-state index in [1.165, 1.54) is 0 Å². The molecule has 4 nitrogen and oxygen atoms in total. The zero-order chi connectivity index (χ0) is 15.3. The molecule has 0 aliphatic rings. The number of hydrogen-bond donors (Lipinski definition) is 2. The number of carbonyl (C=O) groups excluding carboxylic acids is 1. The predicted octanol–water partition coefficient (Wildman–Crippen LogP) is 4.02. The third-order valence-corrected chi connectivity index (χ3v) is 2.74. The molecule has 0 aliphatic carbocycles. The van der Waals surface area contributed by atoms with Gasteiger partial charge >= 0.3 is 6.09 Å². The number of alkyl carbamates (subject to hydrolysis) is 1. The number of allylic oxidation sites excluding steroid dienone is 2. The molecule has 1 aromatic carbocycles. The van der Waals surface area contributed by atoms with Crippen molar-refractivity contribution in [2.45, 2.75) is 46.8 Å². The normalized spacial score (nSPS) is 12.7. The molecule has 0 bridgehead atoms. The Morgan fingerprint density at radius 2 is 1.95 bits per heavy atom. The minimum absolute atomic E-state index is 0.294. The molecule has 4 heteroatoms. The van der Waals surface area contributed by atoms with Crippen LogP contribution in [0.2, 0.25) is 0 Å². The molecule has 110 valence electrons. The summed E-state index contributed by atoms with van der Waals surface area (Å²) >= 11 is 0. The Hall–Kier alpha value is -1.97. The minimum atomic E-state index is -0.501. The molecule has 0 saturated carbocycles. The number of benzene rings is 1. The maximum atomic E-state index is 11.6. The summed E-state index contributed by atoms with van der Waals surface area (Å²) in [5, 5.41) is 12.2. The molecule has 0 spiro atoms. The smallest absolute Gasteiger partial charge is 0.407 e. The minimum Gasteiger partial charge on any atom is -0.512 e. The van der Waals surface area contributed by atoms with Crippen molar-refractivity contribution in [1.82, 2.24) is 5.32 Å². The Balaban J connectivity index is 2.69. The fourth-order valence-corrected chi connectivity index (χ4v) is 1.61. The molecule has 0 aliphatic heterocycles. The number of aliphatic hydroxyl groups excluding tert-OH is 1. The first-order valence-corrected chi connectivity index (χ1v) is 6.61. The van der Waals surface area contributed by atoms with Crippen LogP contribution in [0.5, 0.6) is 0 Å². The standard InChI is InChI=1S/C16H23NO3/c1-11(12(2)18)14-8-6-7-13(9-14)10-17-15(19)20-16(3,4)5/h6-9,18H,10H2,1-5H3,(H,17,19)/b12-11-. The number of rotatable bonds is 3. The summed E-state index contributed by atoms with van der Waals surface area (Å²) < 4.78 is 5.18. The average Bonchev–Trinajstić information content (AvgIpc) is 2.33. The second-order valence-electron chi connectivity index (χ2n) is 5.77. The van der Waals surface area contributed by atoms with E-state index >= 15 is 0 Å². The van der Waals surface area contributed by atoms with Crippen LogP contribution in [0.15, 0.2) is 30.0 Å². The third kappa shape index (κ3) is 5.34. The van der Waals surface area contributed by atoms with E-state index in [1.807, 2.05) is 52.0 Å². The summed E-state index contributed by atoms with van der Waals surface area (Å²) in [4.78, 5) is 11.6. The Labute approximate surface area is 120 Å². The van der Waals surface area contributed by atoms with Crippen LogP contribution in [-0.4, -0.2) is 16.8 Å². The monoisotopic (exact) mass is 277 g/mol. The van der Waals surface area contributed by atoms with Crippen LogP contribution in [0.25, 0.3) is 5.57 Å². The molecule has 0 aromatic heterocycles. The maximum Gasteiger partial charge on any atom is 0.407 e.